The first-order valence-electron chi connectivity index (χ1n) is 9.07. The lowest BCUT2D eigenvalue weighted by Gasteiger charge is -2.33. The maximum absolute atomic E-state index is 13.0. The molecule has 1 aliphatic heterocycles. The topological polar surface area (TPSA) is 52.6 Å². The van der Waals surface area contributed by atoms with Gasteiger partial charge in [0.05, 0.1) is 0 Å². The van der Waals surface area contributed by atoms with Crippen molar-refractivity contribution in [2.45, 2.75) is 31.3 Å². The minimum atomic E-state index is -1.40. The molecule has 2 saturated carbocycles. The molecule has 1 aromatic carbocycles. The maximum atomic E-state index is 13.0. The molecule has 4 nitrogen and oxygen atoms in total. The summed E-state index contributed by atoms with van der Waals surface area (Å²) in [5.41, 5.74) is -0.683. The molecular weight excluding hydrogens is 359 g/mol. The molecule has 1 heterocycles. The van der Waals surface area contributed by atoms with Gasteiger partial charge in [0, 0.05) is 25.6 Å². The number of hydrogen-bond acceptors (Lipinski definition) is 3. The van der Waals surface area contributed by atoms with Crippen LogP contribution in [-0.4, -0.2) is 35.1 Å². The van der Waals surface area contributed by atoms with E-state index in [1.165, 1.54) is 0 Å². The largest absolute Gasteiger partial charge is 0.375 e. The molecule has 4 rings (SSSR count). The summed E-state index contributed by atoms with van der Waals surface area (Å²) in [7, 11) is 0. The Hall–Kier alpha value is -0.810. The van der Waals surface area contributed by atoms with E-state index in [9.17, 15) is 9.90 Å². The highest BCUT2D eigenvalue weighted by Crippen LogP contribution is 2.51. The van der Waals surface area contributed by atoms with Gasteiger partial charge >= 0.3 is 0 Å². The van der Waals surface area contributed by atoms with Gasteiger partial charge in [0.25, 0.3) is 5.91 Å². The van der Waals surface area contributed by atoms with E-state index in [-0.39, 0.29) is 24.2 Å². The molecule has 3 aliphatic rings. The zero-order chi connectivity index (χ0) is 16.7. The summed E-state index contributed by atoms with van der Waals surface area (Å²) in [6, 6.07) is 9.44. The van der Waals surface area contributed by atoms with Gasteiger partial charge in [-0.15, -0.1) is 12.4 Å². The van der Waals surface area contributed by atoms with Gasteiger partial charge in [0.1, 0.15) is 0 Å². The van der Waals surface area contributed by atoms with Gasteiger partial charge in [-0.3, -0.25) is 4.79 Å². The van der Waals surface area contributed by atoms with Crippen molar-refractivity contribution in [3.8, 4) is 0 Å². The quantitative estimate of drug-likeness (QED) is 0.767. The number of rotatable bonds is 5. The van der Waals surface area contributed by atoms with E-state index in [4.69, 9.17) is 11.8 Å². The Morgan fingerprint density at radius 2 is 1.80 bits per heavy atom. The van der Waals surface area contributed by atoms with E-state index in [2.05, 4.69) is 5.32 Å². The summed E-state index contributed by atoms with van der Waals surface area (Å²) < 4.78 is 1.84. The van der Waals surface area contributed by atoms with Gasteiger partial charge in [-0.25, -0.2) is 4.42 Å². The van der Waals surface area contributed by atoms with Crippen LogP contribution in [0.25, 0.3) is 0 Å². The zero-order valence-corrected chi connectivity index (χ0v) is 15.8. The molecule has 2 aliphatic carbocycles. The standard InChI is InChI=1S/C19H25ClN2O2.ClH/c20-22-11-16-15(17(16)12-22)10-21-18(23)19(24,14-8-4-5-9-14)13-6-2-1-3-7-13;/h1-3,6-7,14-17,24H,4-5,8-12H2,(H,21,23);1H/t15-,16-,17?,19?;/m1./s1. The average molecular weight is 385 g/mol. The van der Waals surface area contributed by atoms with Crippen molar-refractivity contribution < 1.29 is 9.90 Å². The van der Waals surface area contributed by atoms with Crippen LogP contribution in [0.15, 0.2) is 30.3 Å². The number of benzene rings is 1. The van der Waals surface area contributed by atoms with Crippen molar-refractivity contribution in [2.75, 3.05) is 19.6 Å². The highest BCUT2D eigenvalue weighted by molar-refractivity contribution is 6.13. The van der Waals surface area contributed by atoms with Crippen LogP contribution in [0, 0.1) is 23.7 Å². The Balaban J connectivity index is 0.00000182. The predicted octanol–water partition coefficient (Wildman–Crippen LogP) is 2.93. The number of nitrogens with zero attached hydrogens (tertiary/aromatic N) is 1. The summed E-state index contributed by atoms with van der Waals surface area (Å²) in [4.78, 5) is 13.0. The Morgan fingerprint density at radius 1 is 1.20 bits per heavy atom. The second-order valence-electron chi connectivity index (χ2n) is 7.64. The number of carbonyl (C=O) groups excluding carboxylic acids is 1. The molecule has 2 N–H and O–H groups in total. The summed E-state index contributed by atoms with van der Waals surface area (Å²) in [6.45, 7) is 2.48. The van der Waals surface area contributed by atoms with E-state index < -0.39 is 5.60 Å². The van der Waals surface area contributed by atoms with Crippen LogP contribution in [-0.2, 0) is 10.4 Å². The predicted molar refractivity (Wildman–Crippen MR) is 100 cm³/mol. The molecule has 1 saturated heterocycles. The Morgan fingerprint density at radius 3 is 2.40 bits per heavy atom. The third-order valence-corrected chi connectivity index (χ3v) is 6.61. The van der Waals surface area contributed by atoms with Crippen LogP contribution in [0.3, 0.4) is 0 Å². The molecule has 2 unspecified atom stereocenters. The monoisotopic (exact) mass is 384 g/mol. The molecule has 0 bridgehead atoms. The summed E-state index contributed by atoms with van der Waals surface area (Å²) in [5, 5.41) is 14.4. The Labute approximate surface area is 160 Å². The molecule has 3 fully saturated rings. The van der Waals surface area contributed by atoms with Gasteiger partial charge in [-0.1, -0.05) is 43.2 Å². The minimum absolute atomic E-state index is 0. The van der Waals surface area contributed by atoms with Crippen molar-refractivity contribution in [1.82, 2.24) is 9.74 Å². The van der Waals surface area contributed by atoms with Crippen LogP contribution in [0.2, 0.25) is 0 Å². The van der Waals surface area contributed by atoms with Crippen molar-refractivity contribution >= 4 is 30.1 Å². The van der Waals surface area contributed by atoms with Gasteiger partial charge in [-0.2, -0.15) is 0 Å². The first-order chi connectivity index (χ1) is 11.6. The molecule has 4 atom stereocenters. The fourth-order valence-corrected chi connectivity index (χ4v) is 5.15. The third-order valence-electron chi connectivity index (χ3n) is 6.33. The molecular formula is C19H26Cl2N2O2. The third kappa shape index (κ3) is 3.42. The summed E-state index contributed by atoms with van der Waals surface area (Å²) in [5.74, 6) is 1.52. The number of amides is 1. The second-order valence-corrected chi connectivity index (χ2v) is 8.12. The zero-order valence-electron chi connectivity index (χ0n) is 14.2. The molecule has 25 heavy (non-hydrogen) atoms. The maximum Gasteiger partial charge on any atom is 0.256 e. The normalized spacial score (nSPS) is 31.0. The minimum Gasteiger partial charge on any atom is -0.375 e. The van der Waals surface area contributed by atoms with Gasteiger partial charge in [0.2, 0.25) is 0 Å². The molecule has 0 radical (unpaired) electrons. The van der Waals surface area contributed by atoms with Crippen LogP contribution in [0.1, 0.15) is 31.2 Å². The molecule has 1 aromatic rings. The van der Waals surface area contributed by atoms with Gasteiger partial charge in [0.15, 0.2) is 5.60 Å². The van der Waals surface area contributed by atoms with Crippen molar-refractivity contribution in [1.29, 1.82) is 0 Å². The second kappa shape index (κ2) is 7.43. The Kier molecular flexibility index (Phi) is 5.64. The van der Waals surface area contributed by atoms with E-state index in [0.29, 0.717) is 24.3 Å². The number of halogens is 2. The van der Waals surface area contributed by atoms with Crippen LogP contribution in [0.4, 0.5) is 0 Å². The van der Waals surface area contributed by atoms with E-state index >= 15 is 0 Å². The average Bonchev–Trinajstić information content (AvgIpc) is 3.03. The highest BCUT2D eigenvalue weighted by atomic mass is 35.5. The Bertz CT molecular complexity index is 597. The molecule has 0 aromatic heterocycles. The lowest BCUT2D eigenvalue weighted by Crippen LogP contribution is -2.49. The fourth-order valence-electron chi connectivity index (χ4n) is 4.83. The van der Waals surface area contributed by atoms with Crippen molar-refractivity contribution in [2.24, 2.45) is 23.7 Å². The first kappa shape index (κ1) is 19.0. The molecule has 0 spiro atoms. The smallest absolute Gasteiger partial charge is 0.256 e. The molecule has 1 amide bonds. The lowest BCUT2D eigenvalue weighted by atomic mass is 9.79. The van der Waals surface area contributed by atoms with Crippen LogP contribution >= 0.6 is 24.2 Å². The SMILES string of the molecule is Cl.O=C(NC[C@H]1C2CN(Cl)C[C@@H]21)C(O)(c1ccccc1)C1CCCC1. The number of carbonyl (C=O) groups is 1. The van der Waals surface area contributed by atoms with E-state index in [1.807, 2.05) is 34.8 Å². The lowest BCUT2D eigenvalue weighted by molar-refractivity contribution is -0.147. The van der Waals surface area contributed by atoms with Gasteiger partial charge < -0.3 is 10.4 Å². The van der Waals surface area contributed by atoms with Crippen LogP contribution < -0.4 is 5.32 Å². The van der Waals surface area contributed by atoms with E-state index in [1.54, 1.807) is 0 Å². The molecule has 6 heteroatoms. The first-order valence-corrected chi connectivity index (χ1v) is 9.41. The number of nitrogens with one attached hydrogen (secondary N) is 1. The number of aliphatic hydroxyl groups is 1. The molecule has 138 valence electrons. The highest BCUT2D eigenvalue weighted by Gasteiger charge is 2.55. The van der Waals surface area contributed by atoms with Crippen molar-refractivity contribution in [3.05, 3.63) is 35.9 Å². The van der Waals surface area contributed by atoms with Crippen molar-refractivity contribution in [3.63, 3.8) is 0 Å². The summed E-state index contributed by atoms with van der Waals surface area (Å²) >= 11 is 6.01. The van der Waals surface area contributed by atoms with E-state index in [0.717, 1.165) is 44.3 Å². The van der Waals surface area contributed by atoms with Crippen LogP contribution in [0.5, 0.6) is 0 Å². The fraction of sp³-hybridized carbons (Fsp3) is 0.632. The number of fused-ring (bicyclic) bond motifs is 1. The number of hydrogen-bond donors (Lipinski definition) is 2. The number of piperidine rings is 1. The van der Waals surface area contributed by atoms with Gasteiger partial charge in [-0.05, 0) is 47.9 Å². The summed E-state index contributed by atoms with van der Waals surface area (Å²) in [6.07, 6.45) is 4.00.